The summed E-state index contributed by atoms with van der Waals surface area (Å²) in [6.45, 7) is 2.20. The fourth-order valence-corrected chi connectivity index (χ4v) is 4.25. The molecule has 11 nitrogen and oxygen atoms in total. The highest BCUT2D eigenvalue weighted by Gasteiger charge is 2.28. The monoisotopic (exact) mass is 629 g/mol. The molecule has 0 rings (SSSR count). The Morgan fingerprint density at radius 2 is 1.35 bits per heavy atom. The van der Waals surface area contributed by atoms with Crippen molar-refractivity contribution in [3.8, 4) is 0 Å². The minimum absolute atomic E-state index is 0.132. The maximum atomic E-state index is 12.1. The standard InChI is InChI=1S/C31H52NO10P/c1-3-5-7-9-10-11-12-13-14-15-16-17-18-19-21-23-30(35)40-24-27(33)25-41-43(38,39)42-26-28(31(36)37)32-29(34)22-20-8-6-4-2/h5,7,10-11,13-14,16-17,27-28,33H,3-4,6,8-9,12,15,18-26H2,1-2H3,(H,32,34)(H,36,37)(H,38,39)/b7-5-,11-10-,14-13-,17-16-. The molecule has 1 amide bonds. The van der Waals surface area contributed by atoms with Crippen LogP contribution in [0.4, 0.5) is 0 Å². The van der Waals surface area contributed by atoms with Gasteiger partial charge in [-0.3, -0.25) is 18.6 Å². The Balaban J connectivity index is 4.05. The maximum absolute atomic E-state index is 12.1. The van der Waals surface area contributed by atoms with Gasteiger partial charge in [0.15, 0.2) is 6.04 Å². The Labute approximate surface area is 256 Å². The molecule has 0 aromatic carbocycles. The van der Waals surface area contributed by atoms with Crippen LogP contribution < -0.4 is 5.32 Å². The zero-order valence-electron chi connectivity index (χ0n) is 25.7. The molecule has 0 aromatic rings. The fraction of sp³-hybridized carbons (Fsp3) is 0.645. The second-order valence-corrected chi connectivity index (χ2v) is 11.4. The van der Waals surface area contributed by atoms with E-state index in [1.54, 1.807) is 0 Å². The van der Waals surface area contributed by atoms with Crippen molar-refractivity contribution in [1.29, 1.82) is 0 Å². The first-order valence-corrected chi connectivity index (χ1v) is 16.7. The maximum Gasteiger partial charge on any atom is 0.472 e. The number of rotatable bonds is 27. The van der Waals surface area contributed by atoms with Gasteiger partial charge in [0, 0.05) is 12.8 Å². The van der Waals surface area contributed by atoms with Gasteiger partial charge in [-0.05, 0) is 51.4 Å². The third-order valence-corrected chi connectivity index (χ3v) is 6.83. The van der Waals surface area contributed by atoms with Crippen LogP contribution in [0.1, 0.15) is 97.3 Å². The number of ether oxygens (including phenoxy) is 1. The van der Waals surface area contributed by atoms with Crippen molar-refractivity contribution in [3.05, 3.63) is 48.6 Å². The van der Waals surface area contributed by atoms with Crippen LogP contribution in [0.2, 0.25) is 0 Å². The lowest BCUT2D eigenvalue weighted by molar-refractivity contribution is -0.147. The molecule has 0 heterocycles. The average Bonchev–Trinajstić information content (AvgIpc) is 2.97. The summed E-state index contributed by atoms with van der Waals surface area (Å²) in [6.07, 6.45) is 25.3. The lowest BCUT2D eigenvalue weighted by atomic mass is 10.1. The molecule has 0 aliphatic rings. The Hall–Kier alpha value is -2.56. The summed E-state index contributed by atoms with van der Waals surface area (Å²) in [5.74, 6) is -2.46. The minimum Gasteiger partial charge on any atom is -0.480 e. The molecule has 0 saturated carbocycles. The zero-order valence-corrected chi connectivity index (χ0v) is 26.6. The number of esters is 1. The van der Waals surface area contributed by atoms with E-state index < -0.39 is 57.6 Å². The Morgan fingerprint density at radius 3 is 1.95 bits per heavy atom. The van der Waals surface area contributed by atoms with E-state index >= 15 is 0 Å². The fourth-order valence-electron chi connectivity index (χ4n) is 3.48. The quantitative estimate of drug-likeness (QED) is 0.0370. The number of carboxylic acid groups (broad SMARTS) is 1. The summed E-state index contributed by atoms with van der Waals surface area (Å²) >= 11 is 0. The van der Waals surface area contributed by atoms with E-state index in [2.05, 4.69) is 69.9 Å². The molecule has 0 saturated heterocycles. The molecule has 0 aliphatic carbocycles. The van der Waals surface area contributed by atoms with Crippen LogP contribution in [0, 0.1) is 0 Å². The first kappa shape index (κ1) is 40.4. The number of hydrogen-bond acceptors (Lipinski definition) is 8. The topological polar surface area (TPSA) is 169 Å². The van der Waals surface area contributed by atoms with E-state index in [0.717, 1.165) is 57.8 Å². The Kier molecular flexibility index (Phi) is 25.4. The molecule has 0 radical (unpaired) electrons. The van der Waals surface area contributed by atoms with Crippen LogP contribution in [-0.4, -0.2) is 64.9 Å². The molecule has 43 heavy (non-hydrogen) atoms. The number of carboxylic acids is 1. The number of phosphoric ester groups is 1. The van der Waals surface area contributed by atoms with Crippen LogP contribution in [0.3, 0.4) is 0 Å². The molecule has 0 spiro atoms. The second-order valence-electron chi connectivity index (χ2n) is 9.91. The van der Waals surface area contributed by atoms with Crippen LogP contribution in [-0.2, 0) is 32.7 Å². The smallest absolute Gasteiger partial charge is 0.472 e. The summed E-state index contributed by atoms with van der Waals surface area (Å²) in [4.78, 5) is 44.9. The van der Waals surface area contributed by atoms with Crippen molar-refractivity contribution >= 4 is 25.7 Å². The predicted octanol–water partition coefficient (Wildman–Crippen LogP) is 5.93. The van der Waals surface area contributed by atoms with E-state index in [9.17, 15) is 34.1 Å². The van der Waals surface area contributed by atoms with Gasteiger partial charge in [0.1, 0.15) is 12.7 Å². The summed E-state index contributed by atoms with van der Waals surface area (Å²) in [5, 5.41) is 21.4. The van der Waals surface area contributed by atoms with E-state index in [-0.39, 0.29) is 12.8 Å². The summed E-state index contributed by atoms with van der Waals surface area (Å²) in [5.41, 5.74) is 0. The summed E-state index contributed by atoms with van der Waals surface area (Å²) in [6, 6.07) is -1.54. The number of aliphatic hydroxyl groups excluding tert-OH is 1. The van der Waals surface area contributed by atoms with Gasteiger partial charge in [-0.1, -0.05) is 81.7 Å². The number of amides is 1. The average molecular weight is 630 g/mol. The summed E-state index contributed by atoms with van der Waals surface area (Å²) in [7, 11) is -4.74. The van der Waals surface area contributed by atoms with E-state index in [1.807, 2.05) is 6.92 Å². The molecule has 12 heteroatoms. The van der Waals surface area contributed by atoms with Crippen molar-refractivity contribution in [1.82, 2.24) is 5.32 Å². The van der Waals surface area contributed by atoms with Crippen molar-refractivity contribution in [2.45, 2.75) is 109 Å². The highest BCUT2D eigenvalue weighted by Crippen LogP contribution is 2.43. The number of nitrogens with one attached hydrogen (secondary N) is 1. The number of phosphoric acid groups is 1. The number of aliphatic carboxylic acids is 1. The predicted molar refractivity (Wildman–Crippen MR) is 166 cm³/mol. The Bertz CT molecular complexity index is 932. The first-order valence-electron chi connectivity index (χ1n) is 15.2. The van der Waals surface area contributed by atoms with Crippen molar-refractivity contribution in [2.24, 2.45) is 0 Å². The number of hydrogen-bond donors (Lipinski definition) is 4. The molecular formula is C31H52NO10P. The number of aliphatic hydroxyl groups is 1. The van der Waals surface area contributed by atoms with Gasteiger partial charge >= 0.3 is 19.8 Å². The lowest BCUT2D eigenvalue weighted by Gasteiger charge is -2.18. The number of carbonyl (C=O) groups is 3. The first-order chi connectivity index (χ1) is 20.6. The number of unbranched alkanes of at least 4 members (excludes halogenated alkanes) is 5. The van der Waals surface area contributed by atoms with Crippen molar-refractivity contribution < 1.29 is 47.8 Å². The zero-order chi connectivity index (χ0) is 32.2. The van der Waals surface area contributed by atoms with E-state index in [0.29, 0.717) is 12.8 Å². The molecule has 246 valence electrons. The third-order valence-electron chi connectivity index (χ3n) is 5.88. The highest BCUT2D eigenvalue weighted by molar-refractivity contribution is 7.47. The van der Waals surface area contributed by atoms with Crippen LogP contribution in [0.5, 0.6) is 0 Å². The largest absolute Gasteiger partial charge is 0.480 e. The van der Waals surface area contributed by atoms with Gasteiger partial charge in [-0.25, -0.2) is 9.36 Å². The van der Waals surface area contributed by atoms with Crippen LogP contribution >= 0.6 is 7.82 Å². The summed E-state index contributed by atoms with van der Waals surface area (Å²) < 4.78 is 26.4. The molecule has 0 bridgehead atoms. The molecule has 0 aliphatic heterocycles. The highest BCUT2D eigenvalue weighted by atomic mass is 31.2. The van der Waals surface area contributed by atoms with Gasteiger partial charge in [-0.2, -0.15) is 0 Å². The molecular weight excluding hydrogens is 577 g/mol. The SMILES string of the molecule is CC/C=C\C/C=C\C/C=C\C/C=C\CCCCC(=O)OCC(O)COP(=O)(O)OCC(NC(=O)CCCCCC)C(=O)O. The molecule has 0 fully saturated rings. The van der Waals surface area contributed by atoms with Gasteiger partial charge in [0.2, 0.25) is 5.91 Å². The van der Waals surface area contributed by atoms with Gasteiger partial charge in [0.25, 0.3) is 0 Å². The van der Waals surface area contributed by atoms with Gasteiger partial charge in [-0.15, -0.1) is 0 Å². The van der Waals surface area contributed by atoms with Crippen molar-refractivity contribution in [3.63, 3.8) is 0 Å². The van der Waals surface area contributed by atoms with Crippen LogP contribution in [0.25, 0.3) is 0 Å². The third kappa shape index (κ3) is 26.8. The van der Waals surface area contributed by atoms with Gasteiger partial charge in [0.05, 0.1) is 13.2 Å². The minimum atomic E-state index is -4.74. The number of allylic oxidation sites excluding steroid dienone is 8. The second kappa shape index (κ2) is 27.0. The normalized spacial score (nSPS) is 14.9. The molecule has 4 N–H and O–H groups in total. The lowest BCUT2D eigenvalue weighted by Crippen LogP contribution is -2.43. The molecule has 3 atom stereocenters. The van der Waals surface area contributed by atoms with Crippen LogP contribution in [0.15, 0.2) is 48.6 Å². The number of carbonyl (C=O) groups excluding carboxylic acids is 2. The van der Waals surface area contributed by atoms with Crippen molar-refractivity contribution in [2.75, 3.05) is 19.8 Å². The van der Waals surface area contributed by atoms with Gasteiger partial charge < -0.3 is 25.2 Å². The molecule has 0 aromatic heterocycles. The van der Waals surface area contributed by atoms with E-state index in [4.69, 9.17) is 4.74 Å². The Morgan fingerprint density at radius 1 is 0.767 bits per heavy atom. The van der Waals surface area contributed by atoms with E-state index in [1.165, 1.54) is 0 Å². The molecule has 3 unspecified atom stereocenters.